The van der Waals surface area contributed by atoms with Crippen molar-refractivity contribution < 1.29 is 4.74 Å². The molecule has 20 heavy (non-hydrogen) atoms. The highest BCUT2D eigenvalue weighted by Crippen LogP contribution is 2.42. The molecule has 1 aromatic heterocycles. The average Bonchev–Trinajstić information content (AvgIpc) is 3.20. The summed E-state index contributed by atoms with van der Waals surface area (Å²) in [7, 11) is 0. The van der Waals surface area contributed by atoms with Crippen LogP contribution in [-0.2, 0) is 6.42 Å². The van der Waals surface area contributed by atoms with E-state index in [0.717, 1.165) is 40.6 Å². The van der Waals surface area contributed by atoms with Crippen molar-refractivity contribution in [2.75, 3.05) is 6.61 Å². The summed E-state index contributed by atoms with van der Waals surface area (Å²) in [6.07, 6.45) is 3.05. The maximum Gasteiger partial charge on any atom is 0.128 e. The Labute approximate surface area is 126 Å². The predicted octanol–water partition coefficient (Wildman–Crippen LogP) is 4.17. The molecule has 2 aromatic rings. The highest BCUT2D eigenvalue weighted by molar-refractivity contribution is 7.12. The van der Waals surface area contributed by atoms with E-state index in [9.17, 15) is 0 Å². The summed E-state index contributed by atoms with van der Waals surface area (Å²) in [5, 5.41) is 10.8. The average molecular weight is 305 g/mol. The maximum absolute atomic E-state index is 9.12. The number of hydrogen-bond donors (Lipinski definition) is 0. The Morgan fingerprint density at radius 2 is 2.30 bits per heavy atom. The van der Waals surface area contributed by atoms with Gasteiger partial charge in [0.1, 0.15) is 16.7 Å². The third kappa shape index (κ3) is 3.12. The Bertz CT molecular complexity index is 658. The van der Waals surface area contributed by atoms with Crippen LogP contribution in [0.1, 0.15) is 34.3 Å². The molecule has 0 amide bonds. The number of benzene rings is 1. The molecule has 1 saturated carbocycles. The second-order valence-corrected chi connectivity index (χ2v) is 6.28. The lowest BCUT2D eigenvalue weighted by Crippen LogP contribution is -2.01. The molecule has 1 fully saturated rings. The van der Waals surface area contributed by atoms with Crippen molar-refractivity contribution in [1.82, 2.24) is 4.98 Å². The van der Waals surface area contributed by atoms with Crippen molar-refractivity contribution in [3.63, 3.8) is 0 Å². The van der Waals surface area contributed by atoms with E-state index < -0.39 is 0 Å². The molecule has 0 bridgehead atoms. The lowest BCUT2D eigenvalue weighted by molar-refractivity contribution is 0.321. The van der Waals surface area contributed by atoms with Gasteiger partial charge in [-0.3, -0.25) is 0 Å². The maximum atomic E-state index is 9.12. The lowest BCUT2D eigenvalue weighted by Gasteiger charge is -2.04. The van der Waals surface area contributed by atoms with E-state index in [0.29, 0.717) is 17.5 Å². The number of nitriles is 1. The minimum absolute atomic E-state index is 0.517. The summed E-state index contributed by atoms with van der Waals surface area (Å²) >= 11 is 7.39. The highest BCUT2D eigenvalue weighted by atomic mass is 35.5. The first-order chi connectivity index (χ1) is 9.76. The van der Waals surface area contributed by atoms with Gasteiger partial charge < -0.3 is 4.74 Å². The van der Waals surface area contributed by atoms with E-state index in [1.165, 1.54) is 11.3 Å². The van der Waals surface area contributed by atoms with Gasteiger partial charge in [0.05, 0.1) is 17.3 Å². The lowest BCUT2D eigenvalue weighted by atomic mass is 10.2. The quantitative estimate of drug-likeness (QED) is 0.833. The minimum Gasteiger partial charge on any atom is -0.493 e. The summed E-state index contributed by atoms with van der Waals surface area (Å²) in [5.41, 5.74) is 0.996. The largest absolute Gasteiger partial charge is 0.493 e. The molecular weight excluding hydrogens is 292 g/mol. The smallest absolute Gasteiger partial charge is 0.128 e. The molecule has 0 radical (unpaired) electrons. The molecule has 1 aromatic carbocycles. The summed E-state index contributed by atoms with van der Waals surface area (Å²) in [6.45, 7) is 0.544. The Balaban J connectivity index is 1.60. The van der Waals surface area contributed by atoms with Gasteiger partial charge >= 0.3 is 0 Å². The van der Waals surface area contributed by atoms with E-state index in [-0.39, 0.29) is 0 Å². The number of halogens is 1. The third-order valence-electron chi connectivity index (χ3n) is 3.14. The number of rotatable bonds is 5. The molecule has 1 heterocycles. The van der Waals surface area contributed by atoms with Gasteiger partial charge in [-0.05, 0) is 31.0 Å². The summed E-state index contributed by atoms with van der Waals surface area (Å²) in [4.78, 5) is 5.35. The van der Waals surface area contributed by atoms with Crippen LogP contribution in [0.3, 0.4) is 0 Å². The van der Waals surface area contributed by atoms with Crippen LogP contribution in [0, 0.1) is 11.3 Å². The monoisotopic (exact) mass is 304 g/mol. The van der Waals surface area contributed by atoms with Crippen molar-refractivity contribution in [3.05, 3.63) is 44.9 Å². The Morgan fingerprint density at radius 3 is 3.00 bits per heavy atom. The zero-order chi connectivity index (χ0) is 13.9. The van der Waals surface area contributed by atoms with E-state index in [4.69, 9.17) is 21.6 Å². The van der Waals surface area contributed by atoms with Crippen molar-refractivity contribution in [2.45, 2.75) is 25.2 Å². The van der Waals surface area contributed by atoms with E-state index in [2.05, 4.69) is 11.1 Å². The third-order valence-corrected chi connectivity index (χ3v) is 4.41. The van der Waals surface area contributed by atoms with E-state index >= 15 is 0 Å². The fourth-order valence-corrected chi connectivity index (χ4v) is 3.12. The van der Waals surface area contributed by atoms with Crippen LogP contribution in [-0.4, -0.2) is 11.6 Å². The highest BCUT2D eigenvalue weighted by Gasteiger charge is 2.29. The Hall–Kier alpha value is -1.57. The van der Waals surface area contributed by atoms with Crippen LogP contribution < -0.4 is 4.74 Å². The second-order valence-electron chi connectivity index (χ2n) is 4.76. The SMILES string of the molecule is N#Cc1sc(CCOc2cccc(Cl)c2)nc1C1CC1. The molecule has 0 atom stereocenters. The van der Waals surface area contributed by atoms with Crippen molar-refractivity contribution in [3.8, 4) is 11.8 Å². The fraction of sp³-hybridized carbons (Fsp3) is 0.333. The van der Waals surface area contributed by atoms with Gasteiger partial charge in [0.25, 0.3) is 0 Å². The van der Waals surface area contributed by atoms with Crippen LogP contribution in [0.15, 0.2) is 24.3 Å². The van der Waals surface area contributed by atoms with Gasteiger partial charge in [0, 0.05) is 17.4 Å². The second kappa shape index (κ2) is 5.82. The Kier molecular flexibility index (Phi) is 3.90. The standard InChI is InChI=1S/C15H13ClN2OS/c16-11-2-1-3-12(8-11)19-7-6-14-18-15(10-4-5-10)13(9-17)20-14/h1-3,8,10H,4-7H2. The van der Waals surface area contributed by atoms with Crippen LogP contribution >= 0.6 is 22.9 Å². The zero-order valence-corrected chi connectivity index (χ0v) is 12.4. The van der Waals surface area contributed by atoms with Crippen molar-refractivity contribution in [1.29, 1.82) is 5.26 Å². The molecule has 102 valence electrons. The number of thiazole rings is 1. The number of aromatic nitrogens is 1. The first-order valence-corrected chi connectivity index (χ1v) is 7.74. The topological polar surface area (TPSA) is 45.9 Å². The number of ether oxygens (including phenoxy) is 1. The number of nitrogens with zero attached hydrogens (tertiary/aromatic N) is 2. The van der Waals surface area contributed by atoms with E-state index in [1.54, 1.807) is 6.07 Å². The van der Waals surface area contributed by atoms with Gasteiger partial charge in [0.15, 0.2) is 0 Å². The van der Waals surface area contributed by atoms with Gasteiger partial charge in [-0.2, -0.15) is 5.26 Å². The van der Waals surface area contributed by atoms with Crippen LogP contribution in [0.5, 0.6) is 5.75 Å². The van der Waals surface area contributed by atoms with Gasteiger partial charge in [0.2, 0.25) is 0 Å². The molecule has 3 nitrogen and oxygen atoms in total. The zero-order valence-electron chi connectivity index (χ0n) is 10.8. The summed E-state index contributed by atoms with van der Waals surface area (Å²) in [5.74, 6) is 1.28. The predicted molar refractivity (Wildman–Crippen MR) is 79.5 cm³/mol. The summed E-state index contributed by atoms with van der Waals surface area (Å²) in [6, 6.07) is 9.60. The van der Waals surface area contributed by atoms with Crippen molar-refractivity contribution in [2.24, 2.45) is 0 Å². The van der Waals surface area contributed by atoms with Crippen LogP contribution in [0.25, 0.3) is 0 Å². The molecule has 0 spiro atoms. The molecule has 1 aliphatic rings. The molecule has 5 heteroatoms. The van der Waals surface area contributed by atoms with Crippen molar-refractivity contribution >= 4 is 22.9 Å². The molecule has 0 N–H and O–H groups in total. The number of hydrogen-bond acceptors (Lipinski definition) is 4. The minimum atomic E-state index is 0.517. The molecule has 0 aliphatic heterocycles. The first-order valence-electron chi connectivity index (χ1n) is 6.54. The first kappa shape index (κ1) is 13.4. The summed E-state index contributed by atoms with van der Waals surface area (Å²) < 4.78 is 5.65. The Morgan fingerprint density at radius 1 is 1.45 bits per heavy atom. The normalized spacial score (nSPS) is 14.0. The van der Waals surface area contributed by atoms with Gasteiger partial charge in [-0.25, -0.2) is 4.98 Å². The van der Waals surface area contributed by atoms with Gasteiger partial charge in [-0.1, -0.05) is 17.7 Å². The van der Waals surface area contributed by atoms with Crippen LogP contribution in [0.2, 0.25) is 5.02 Å². The molecule has 0 saturated heterocycles. The van der Waals surface area contributed by atoms with Gasteiger partial charge in [-0.15, -0.1) is 11.3 Å². The molecule has 0 unspecified atom stereocenters. The molecular formula is C15H13ClN2OS. The van der Waals surface area contributed by atoms with Crippen LogP contribution in [0.4, 0.5) is 0 Å². The molecule has 3 rings (SSSR count). The molecule has 1 aliphatic carbocycles. The fourth-order valence-electron chi connectivity index (χ4n) is 2.01. The van der Waals surface area contributed by atoms with E-state index in [1.807, 2.05) is 18.2 Å².